The minimum absolute atomic E-state index is 0.443. The summed E-state index contributed by atoms with van der Waals surface area (Å²) in [7, 11) is 1.68. The molecule has 4 heteroatoms. The summed E-state index contributed by atoms with van der Waals surface area (Å²) >= 11 is 0. The van der Waals surface area contributed by atoms with Crippen molar-refractivity contribution in [3.63, 3.8) is 0 Å². The molecule has 1 aliphatic carbocycles. The lowest BCUT2D eigenvalue weighted by molar-refractivity contribution is 0.246. The van der Waals surface area contributed by atoms with Crippen LogP contribution in [0.15, 0.2) is 18.2 Å². The fraction of sp³-hybridized carbons (Fsp3) is 0.462. The third-order valence-electron chi connectivity index (χ3n) is 3.31. The molecule has 2 amide bonds. The van der Waals surface area contributed by atoms with Gasteiger partial charge in [-0.1, -0.05) is 6.07 Å². The van der Waals surface area contributed by atoms with Gasteiger partial charge in [0.05, 0.1) is 7.11 Å². The predicted molar refractivity (Wildman–Crippen MR) is 66.1 cm³/mol. The molecule has 1 aromatic carbocycles. The number of primary amides is 1. The Balaban J connectivity index is 2.03. The summed E-state index contributed by atoms with van der Waals surface area (Å²) < 4.78 is 5.22. The van der Waals surface area contributed by atoms with Crippen molar-refractivity contribution in [3.8, 4) is 5.75 Å². The highest BCUT2D eigenvalue weighted by Gasteiger charge is 2.19. The van der Waals surface area contributed by atoms with Gasteiger partial charge in [-0.25, -0.2) is 4.79 Å². The van der Waals surface area contributed by atoms with Gasteiger partial charge in [0, 0.05) is 6.54 Å². The zero-order valence-electron chi connectivity index (χ0n) is 10.0. The number of hydrogen-bond acceptors (Lipinski definition) is 2. The number of benzene rings is 1. The first-order chi connectivity index (χ1) is 8.19. The van der Waals surface area contributed by atoms with E-state index in [2.05, 4.69) is 17.4 Å². The molecule has 1 aliphatic rings. The normalized spacial score (nSPS) is 18.3. The molecule has 92 valence electrons. The van der Waals surface area contributed by atoms with Crippen LogP contribution >= 0.6 is 0 Å². The van der Waals surface area contributed by atoms with Gasteiger partial charge in [0.1, 0.15) is 5.75 Å². The van der Waals surface area contributed by atoms with Crippen LogP contribution in [0.3, 0.4) is 0 Å². The van der Waals surface area contributed by atoms with Crippen LogP contribution in [0.4, 0.5) is 4.79 Å². The second kappa shape index (κ2) is 5.08. The van der Waals surface area contributed by atoms with Crippen LogP contribution in [0, 0.1) is 5.92 Å². The molecule has 2 rings (SSSR count). The Hall–Kier alpha value is -1.71. The minimum atomic E-state index is -0.443. The Labute approximate surface area is 101 Å². The number of nitrogens with two attached hydrogens (primary N) is 1. The number of amides is 2. The standard InChI is InChI=1S/C13H18N2O2/c1-17-12-5-4-10-3-2-9(6-11(10)7-12)8-15-13(14)16/h4-5,7,9H,2-3,6,8H2,1H3,(H3,14,15,16). The maximum absolute atomic E-state index is 10.7. The molecule has 4 nitrogen and oxygen atoms in total. The van der Waals surface area contributed by atoms with Gasteiger partial charge in [0.15, 0.2) is 0 Å². The smallest absolute Gasteiger partial charge is 0.312 e. The first-order valence-electron chi connectivity index (χ1n) is 5.88. The molecule has 0 bridgehead atoms. The number of nitrogens with one attached hydrogen (secondary N) is 1. The molecule has 1 atom stereocenters. The number of carbonyl (C=O) groups is 1. The van der Waals surface area contributed by atoms with Gasteiger partial charge in [0.2, 0.25) is 0 Å². The second-order valence-corrected chi connectivity index (χ2v) is 4.49. The highest BCUT2D eigenvalue weighted by molar-refractivity contribution is 5.71. The topological polar surface area (TPSA) is 64.3 Å². The SMILES string of the molecule is COc1ccc2c(c1)CC(CNC(N)=O)CC2. The van der Waals surface area contributed by atoms with Crippen LogP contribution in [-0.2, 0) is 12.8 Å². The number of hydrogen-bond donors (Lipinski definition) is 2. The lowest BCUT2D eigenvalue weighted by Crippen LogP contribution is -2.35. The van der Waals surface area contributed by atoms with Gasteiger partial charge in [0.25, 0.3) is 0 Å². The van der Waals surface area contributed by atoms with E-state index in [9.17, 15) is 4.79 Å². The zero-order valence-corrected chi connectivity index (χ0v) is 10.0. The Kier molecular flexibility index (Phi) is 3.52. The molecule has 17 heavy (non-hydrogen) atoms. The lowest BCUT2D eigenvalue weighted by atomic mass is 9.84. The van der Waals surface area contributed by atoms with Gasteiger partial charge < -0.3 is 15.8 Å². The molecular weight excluding hydrogens is 216 g/mol. The molecule has 0 saturated carbocycles. The summed E-state index contributed by atoms with van der Waals surface area (Å²) in [6, 6.07) is 5.78. The number of carbonyl (C=O) groups excluding carboxylic acids is 1. The van der Waals surface area contributed by atoms with Crippen molar-refractivity contribution < 1.29 is 9.53 Å². The summed E-state index contributed by atoms with van der Waals surface area (Å²) in [5.74, 6) is 1.37. The first-order valence-corrected chi connectivity index (χ1v) is 5.88. The lowest BCUT2D eigenvalue weighted by Gasteiger charge is -2.24. The maximum atomic E-state index is 10.7. The second-order valence-electron chi connectivity index (χ2n) is 4.49. The zero-order chi connectivity index (χ0) is 12.3. The van der Waals surface area contributed by atoms with E-state index in [0.717, 1.165) is 25.0 Å². The van der Waals surface area contributed by atoms with E-state index in [1.165, 1.54) is 11.1 Å². The Morgan fingerprint density at radius 1 is 1.53 bits per heavy atom. The average molecular weight is 234 g/mol. The Morgan fingerprint density at radius 3 is 3.06 bits per heavy atom. The molecule has 0 spiro atoms. The van der Waals surface area contributed by atoms with Gasteiger partial charge in [-0.3, -0.25) is 0 Å². The highest BCUT2D eigenvalue weighted by Crippen LogP contribution is 2.28. The number of rotatable bonds is 3. The van der Waals surface area contributed by atoms with Gasteiger partial charge in [-0.2, -0.15) is 0 Å². The molecule has 3 N–H and O–H groups in total. The van der Waals surface area contributed by atoms with Gasteiger partial charge in [-0.05, 0) is 48.4 Å². The molecule has 0 heterocycles. The summed E-state index contributed by atoms with van der Waals surface area (Å²) in [6.07, 6.45) is 3.14. The fourth-order valence-electron chi connectivity index (χ4n) is 2.36. The maximum Gasteiger partial charge on any atom is 0.312 e. The number of ether oxygens (including phenoxy) is 1. The Bertz CT molecular complexity index is 418. The van der Waals surface area contributed by atoms with Crippen molar-refractivity contribution in [3.05, 3.63) is 29.3 Å². The minimum Gasteiger partial charge on any atom is -0.497 e. The van der Waals surface area contributed by atoms with Gasteiger partial charge in [-0.15, -0.1) is 0 Å². The van der Waals surface area contributed by atoms with Crippen molar-refractivity contribution >= 4 is 6.03 Å². The molecule has 0 saturated heterocycles. The predicted octanol–water partition coefficient (Wildman–Crippen LogP) is 1.47. The Morgan fingerprint density at radius 2 is 2.35 bits per heavy atom. The summed E-state index contributed by atoms with van der Waals surface area (Å²) in [4.78, 5) is 10.7. The van der Waals surface area contributed by atoms with Crippen LogP contribution in [0.1, 0.15) is 17.5 Å². The molecule has 1 aromatic rings. The summed E-state index contributed by atoms with van der Waals surface area (Å²) in [6.45, 7) is 0.659. The van der Waals surface area contributed by atoms with E-state index in [-0.39, 0.29) is 0 Å². The van der Waals surface area contributed by atoms with Crippen LogP contribution in [0.5, 0.6) is 5.75 Å². The molecular formula is C13H18N2O2. The fourth-order valence-corrected chi connectivity index (χ4v) is 2.36. The van der Waals surface area contributed by atoms with E-state index in [0.29, 0.717) is 12.5 Å². The number of aryl methyl sites for hydroxylation is 1. The number of urea groups is 1. The van der Waals surface area contributed by atoms with E-state index in [4.69, 9.17) is 10.5 Å². The van der Waals surface area contributed by atoms with Crippen molar-refractivity contribution in [2.75, 3.05) is 13.7 Å². The number of fused-ring (bicyclic) bond motifs is 1. The quantitative estimate of drug-likeness (QED) is 0.831. The van der Waals surface area contributed by atoms with Crippen molar-refractivity contribution in [2.24, 2.45) is 11.7 Å². The number of methoxy groups -OCH3 is 1. The third kappa shape index (κ3) is 2.90. The first kappa shape index (κ1) is 11.8. The molecule has 1 unspecified atom stereocenters. The summed E-state index contributed by atoms with van der Waals surface area (Å²) in [5, 5.41) is 2.68. The van der Waals surface area contributed by atoms with E-state index < -0.39 is 6.03 Å². The van der Waals surface area contributed by atoms with Crippen molar-refractivity contribution in [1.29, 1.82) is 0 Å². The molecule has 0 fully saturated rings. The van der Waals surface area contributed by atoms with E-state index in [1.54, 1.807) is 7.11 Å². The molecule has 0 radical (unpaired) electrons. The summed E-state index contributed by atoms with van der Waals surface area (Å²) in [5.41, 5.74) is 7.80. The van der Waals surface area contributed by atoms with Crippen LogP contribution < -0.4 is 15.8 Å². The molecule has 0 aromatic heterocycles. The van der Waals surface area contributed by atoms with Crippen molar-refractivity contribution in [2.45, 2.75) is 19.3 Å². The van der Waals surface area contributed by atoms with Crippen LogP contribution in [-0.4, -0.2) is 19.7 Å². The van der Waals surface area contributed by atoms with Crippen LogP contribution in [0.25, 0.3) is 0 Å². The third-order valence-corrected chi connectivity index (χ3v) is 3.31. The average Bonchev–Trinajstić information content (AvgIpc) is 2.35. The van der Waals surface area contributed by atoms with E-state index in [1.807, 2.05) is 6.07 Å². The highest BCUT2D eigenvalue weighted by atomic mass is 16.5. The molecule has 0 aliphatic heterocycles. The van der Waals surface area contributed by atoms with E-state index >= 15 is 0 Å². The van der Waals surface area contributed by atoms with Crippen molar-refractivity contribution in [1.82, 2.24) is 5.32 Å². The van der Waals surface area contributed by atoms with Crippen LogP contribution in [0.2, 0.25) is 0 Å². The largest absolute Gasteiger partial charge is 0.497 e. The monoisotopic (exact) mass is 234 g/mol. The van der Waals surface area contributed by atoms with Gasteiger partial charge >= 0.3 is 6.03 Å².